The number of ether oxygens (including phenoxy) is 1. The van der Waals surface area contributed by atoms with Crippen LogP contribution in [0.5, 0.6) is 11.6 Å². The van der Waals surface area contributed by atoms with Crippen molar-refractivity contribution in [3.8, 4) is 22.9 Å². The summed E-state index contributed by atoms with van der Waals surface area (Å²) in [4.78, 5) is 32.5. The summed E-state index contributed by atoms with van der Waals surface area (Å²) in [6.45, 7) is 7.56. The van der Waals surface area contributed by atoms with E-state index in [1.807, 2.05) is 24.3 Å². The molecule has 5 rings (SSSR count). The predicted octanol–water partition coefficient (Wildman–Crippen LogP) is 4.90. The minimum atomic E-state index is -1.72. The fourth-order valence-electron chi connectivity index (χ4n) is 5.86. The van der Waals surface area contributed by atoms with Crippen molar-refractivity contribution in [2.45, 2.75) is 32.2 Å². The van der Waals surface area contributed by atoms with Gasteiger partial charge in [0.05, 0.1) is 18.1 Å². The maximum absolute atomic E-state index is 11.6. The molecule has 15 heteroatoms. The number of carbonyl (C=O) groups is 1. The van der Waals surface area contributed by atoms with Crippen molar-refractivity contribution >= 4 is 46.3 Å². The number of amides is 2. The van der Waals surface area contributed by atoms with Gasteiger partial charge in [-0.3, -0.25) is 9.80 Å². The number of likely N-dealkylation sites (tertiary alicyclic amines) is 1. The molecule has 254 valence electrons. The second-order valence-corrected chi connectivity index (χ2v) is 13.8. The van der Waals surface area contributed by atoms with Gasteiger partial charge in [-0.1, -0.05) is 23.2 Å². The third-order valence-electron chi connectivity index (χ3n) is 8.45. The van der Waals surface area contributed by atoms with E-state index in [-0.39, 0.29) is 6.03 Å². The van der Waals surface area contributed by atoms with E-state index in [2.05, 4.69) is 35.3 Å². The topological polar surface area (TPSA) is 136 Å². The van der Waals surface area contributed by atoms with Crippen LogP contribution in [-0.4, -0.2) is 105 Å². The highest BCUT2D eigenvalue weighted by atomic mass is 35.5. The maximum Gasteiger partial charge on any atom is 0.314 e. The summed E-state index contributed by atoms with van der Waals surface area (Å²) in [6.07, 6.45) is 7.01. The molecule has 2 amide bonds. The van der Waals surface area contributed by atoms with Crippen molar-refractivity contribution in [2.75, 3.05) is 70.1 Å². The molecule has 2 saturated heterocycles. The number of benzene rings is 1. The van der Waals surface area contributed by atoms with Gasteiger partial charge < -0.3 is 24.8 Å². The molecule has 0 bridgehead atoms. The van der Waals surface area contributed by atoms with Crippen molar-refractivity contribution in [2.24, 2.45) is 5.92 Å². The van der Waals surface area contributed by atoms with E-state index in [0.29, 0.717) is 51.5 Å². The molecule has 12 nitrogen and oxygen atoms in total. The molecule has 1 atom stereocenters. The Morgan fingerprint density at radius 3 is 2.34 bits per heavy atom. The highest BCUT2D eigenvalue weighted by Gasteiger charge is 2.22. The van der Waals surface area contributed by atoms with Gasteiger partial charge in [0, 0.05) is 73.7 Å². The van der Waals surface area contributed by atoms with E-state index >= 15 is 0 Å². The van der Waals surface area contributed by atoms with Crippen LogP contribution in [0.4, 0.5) is 10.7 Å². The first-order valence-corrected chi connectivity index (χ1v) is 18.0. The number of rotatable bonds is 13. The lowest BCUT2D eigenvalue weighted by Gasteiger charge is -2.34. The average Bonchev–Trinajstić information content (AvgIpc) is 3.06. The number of hydrogen-bond donors (Lipinski definition) is 3. The van der Waals surface area contributed by atoms with Crippen molar-refractivity contribution in [3.05, 3.63) is 58.3 Å². The third-order valence-corrected chi connectivity index (χ3v) is 9.52. The molecule has 3 aromatic rings. The van der Waals surface area contributed by atoms with Crippen molar-refractivity contribution in [3.63, 3.8) is 0 Å². The Morgan fingerprint density at radius 1 is 0.979 bits per heavy atom. The molecule has 0 saturated carbocycles. The fraction of sp³-hybridized carbons (Fsp3) is 0.500. The molecule has 3 N–H and O–H groups in total. The second kappa shape index (κ2) is 17.4. The fourth-order valence-corrected chi connectivity index (χ4v) is 6.84. The van der Waals surface area contributed by atoms with Crippen LogP contribution in [0.3, 0.4) is 0 Å². The van der Waals surface area contributed by atoms with Gasteiger partial charge in [-0.15, -0.1) is 0 Å². The number of carbonyl (C=O) groups excluding carboxylic acids is 1. The molecule has 1 aromatic carbocycles. The highest BCUT2D eigenvalue weighted by molar-refractivity contribution is 7.79. The van der Waals surface area contributed by atoms with E-state index in [1.165, 1.54) is 0 Å². The Labute approximate surface area is 288 Å². The summed E-state index contributed by atoms with van der Waals surface area (Å²) in [7, 11) is 1.62. The van der Waals surface area contributed by atoms with Gasteiger partial charge in [0.2, 0.25) is 11.8 Å². The lowest BCUT2D eigenvalue weighted by Crippen LogP contribution is -2.47. The summed E-state index contributed by atoms with van der Waals surface area (Å²) >= 11 is 11.0. The number of halogens is 2. The number of aromatic nitrogens is 3. The van der Waals surface area contributed by atoms with Gasteiger partial charge in [0.25, 0.3) is 0 Å². The number of urea groups is 1. The van der Waals surface area contributed by atoms with Gasteiger partial charge in [0.1, 0.15) is 0 Å². The molecule has 0 radical (unpaired) electrons. The molecule has 2 aliphatic rings. The summed E-state index contributed by atoms with van der Waals surface area (Å²) in [5.74, 6) is 2.34. The molecular weight excluding hydrogens is 663 g/mol. The standard InChI is InChI=1S/C32H42Cl2N8O4S/c1-35-32(43)38-19-23-4-7-41(8-5-23)22-24-14-29(25-16-26(33)18-27(34)17-25)39-30(15-24)46-28-20-36-31(37-21-28)42-11-9-40(10-12-42)6-2-3-13-47(44)45/h14-18,20-21,23H,2-13,19,22H2,1H3,(H,44,45)(H2,35,38,43). The minimum absolute atomic E-state index is 0.146. The number of unbranched alkanes of at least 4 members (excludes halogenated alkanes) is 1. The largest absolute Gasteiger partial charge is 0.436 e. The molecule has 2 fully saturated rings. The maximum atomic E-state index is 11.6. The Balaban J connectivity index is 1.22. The molecule has 0 spiro atoms. The second-order valence-electron chi connectivity index (χ2n) is 11.9. The molecular formula is C32H42Cl2N8O4S. The number of nitrogens with one attached hydrogen (secondary N) is 2. The van der Waals surface area contributed by atoms with E-state index < -0.39 is 11.1 Å². The van der Waals surface area contributed by atoms with E-state index in [0.717, 1.165) is 89.2 Å². The SMILES string of the molecule is CNC(=O)NCC1CCN(Cc2cc(Oc3cnc(N4CCN(CCCCS(=O)O)CC4)nc3)nc(-c3cc(Cl)cc(Cl)c3)c2)CC1. The van der Waals surface area contributed by atoms with Crippen LogP contribution < -0.4 is 20.3 Å². The van der Waals surface area contributed by atoms with Gasteiger partial charge in [-0.05, 0) is 81.1 Å². The molecule has 2 aliphatic heterocycles. The van der Waals surface area contributed by atoms with Crippen LogP contribution in [0.2, 0.25) is 10.0 Å². The van der Waals surface area contributed by atoms with Gasteiger partial charge in [0.15, 0.2) is 16.8 Å². The van der Waals surface area contributed by atoms with Crippen LogP contribution in [0.25, 0.3) is 11.3 Å². The zero-order valence-corrected chi connectivity index (χ0v) is 28.9. The first kappa shape index (κ1) is 35.2. The molecule has 0 aliphatic carbocycles. The highest BCUT2D eigenvalue weighted by Crippen LogP contribution is 2.31. The molecule has 2 aromatic heterocycles. The molecule has 47 heavy (non-hydrogen) atoms. The Kier molecular flexibility index (Phi) is 13.0. The number of nitrogens with zero attached hydrogens (tertiary/aromatic N) is 6. The van der Waals surface area contributed by atoms with Crippen LogP contribution in [0, 0.1) is 5.92 Å². The van der Waals surface area contributed by atoms with Gasteiger partial charge in [-0.2, -0.15) is 0 Å². The normalized spacial score (nSPS) is 17.0. The predicted molar refractivity (Wildman–Crippen MR) is 186 cm³/mol. The summed E-state index contributed by atoms with van der Waals surface area (Å²) < 4.78 is 26.0. The summed E-state index contributed by atoms with van der Waals surface area (Å²) in [5.41, 5.74) is 2.54. The summed E-state index contributed by atoms with van der Waals surface area (Å²) in [6, 6.07) is 9.21. The molecule has 1 unspecified atom stereocenters. The smallest absolute Gasteiger partial charge is 0.314 e. The lowest BCUT2D eigenvalue weighted by molar-refractivity contribution is 0.175. The average molecular weight is 706 g/mol. The Bertz CT molecular complexity index is 1480. The van der Waals surface area contributed by atoms with Crippen LogP contribution in [0.1, 0.15) is 31.2 Å². The zero-order chi connectivity index (χ0) is 33.2. The monoisotopic (exact) mass is 704 g/mol. The zero-order valence-electron chi connectivity index (χ0n) is 26.5. The number of hydrogen-bond acceptors (Lipinski definition) is 9. The van der Waals surface area contributed by atoms with Crippen LogP contribution >= 0.6 is 23.2 Å². The van der Waals surface area contributed by atoms with E-state index in [4.69, 9.17) is 37.5 Å². The quantitative estimate of drug-likeness (QED) is 0.167. The first-order chi connectivity index (χ1) is 22.7. The van der Waals surface area contributed by atoms with Crippen molar-refractivity contribution in [1.29, 1.82) is 0 Å². The number of anilines is 1. The number of piperidine rings is 1. The molecule has 4 heterocycles. The lowest BCUT2D eigenvalue weighted by atomic mass is 9.96. The van der Waals surface area contributed by atoms with E-state index in [1.54, 1.807) is 25.5 Å². The minimum Gasteiger partial charge on any atom is -0.436 e. The third kappa shape index (κ3) is 11.0. The van der Waals surface area contributed by atoms with Crippen LogP contribution in [-0.2, 0) is 17.6 Å². The first-order valence-electron chi connectivity index (χ1n) is 15.9. The van der Waals surface area contributed by atoms with Crippen LogP contribution in [0.15, 0.2) is 42.7 Å². The van der Waals surface area contributed by atoms with Crippen molar-refractivity contribution < 1.29 is 18.3 Å². The van der Waals surface area contributed by atoms with E-state index in [9.17, 15) is 9.00 Å². The van der Waals surface area contributed by atoms with Gasteiger partial charge in [-0.25, -0.2) is 24.0 Å². The number of piperazine rings is 1. The number of pyridine rings is 1. The summed E-state index contributed by atoms with van der Waals surface area (Å²) in [5, 5.41) is 6.58. The Morgan fingerprint density at radius 2 is 1.68 bits per heavy atom. The van der Waals surface area contributed by atoms with Crippen molar-refractivity contribution in [1.82, 2.24) is 35.4 Å². The van der Waals surface area contributed by atoms with Gasteiger partial charge >= 0.3 is 6.03 Å². The Hall–Kier alpha value is -3.07.